The maximum Gasteiger partial charge on any atom is 0.325 e. The van der Waals surface area contributed by atoms with Crippen molar-refractivity contribution in [3.05, 3.63) is 101 Å². The Balaban J connectivity index is 1.66. The Morgan fingerprint density at radius 2 is 1.92 bits per heavy atom. The summed E-state index contributed by atoms with van der Waals surface area (Å²) in [6.07, 6.45) is 1.92. The highest BCUT2D eigenvalue weighted by Gasteiger charge is 2.36. The number of ether oxygens (including phenoxy) is 1. The van der Waals surface area contributed by atoms with Gasteiger partial charge >= 0.3 is 12.0 Å². The highest BCUT2D eigenvalue weighted by atomic mass is 19.1. The molecule has 1 atom stereocenters. The van der Waals surface area contributed by atoms with Crippen LogP contribution in [0, 0.1) is 12.7 Å². The van der Waals surface area contributed by atoms with Crippen LogP contribution in [0.5, 0.6) is 0 Å². The van der Waals surface area contributed by atoms with Crippen LogP contribution in [0.2, 0.25) is 0 Å². The van der Waals surface area contributed by atoms with Crippen LogP contribution in [0.1, 0.15) is 35.5 Å². The zero-order valence-corrected chi connectivity index (χ0v) is 20.0. The molecule has 9 heteroatoms. The van der Waals surface area contributed by atoms with Gasteiger partial charge in [0, 0.05) is 11.8 Å². The van der Waals surface area contributed by atoms with E-state index in [9.17, 15) is 14.0 Å². The maximum atomic E-state index is 14.3. The van der Waals surface area contributed by atoms with Crippen molar-refractivity contribution >= 4 is 12.0 Å². The molecule has 0 unspecified atom stereocenters. The van der Waals surface area contributed by atoms with Crippen LogP contribution in [0.15, 0.2) is 72.9 Å². The average molecular weight is 488 g/mol. The molecule has 2 aromatic carbocycles. The first-order valence-electron chi connectivity index (χ1n) is 11.7. The molecule has 0 spiro atoms. The van der Waals surface area contributed by atoms with Crippen molar-refractivity contribution < 1.29 is 18.7 Å². The van der Waals surface area contributed by atoms with Gasteiger partial charge in [-0.3, -0.25) is 4.79 Å². The number of aryl methyl sites for hydroxylation is 1. The fourth-order valence-corrected chi connectivity index (χ4v) is 4.64. The number of aromatic nitrogens is 3. The predicted molar refractivity (Wildman–Crippen MR) is 131 cm³/mol. The lowest BCUT2D eigenvalue weighted by atomic mass is 10.0. The SMILES string of the molecule is CCOC(=O)CNC(=O)N1Cc2c(C)nn(-c3ccccc3)c2-n2cccc2[C@H]1c1cccc(F)c1. The third kappa shape index (κ3) is 4.24. The van der Waals surface area contributed by atoms with Crippen molar-refractivity contribution in [2.75, 3.05) is 13.2 Å². The van der Waals surface area contributed by atoms with Gasteiger partial charge in [-0.1, -0.05) is 30.3 Å². The lowest BCUT2D eigenvalue weighted by Crippen LogP contribution is -2.44. The molecule has 1 N–H and O–H groups in total. The molecule has 1 aliphatic heterocycles. The van der Waals surface area contributed by atoms with E-state index in [4.69, 9.17) is 9.84 Å². The van der Waals surface area contributed by atoms with Gasteiger partial charge in [0.15, 0.2) is 0 Å². The summed E-state index contributed by atoms with van der Waals surface area (Å²) in [6.45, 7) is 3.76. The molecule has 0 bridgehead atoms. The number of carbonyl (C=O) groups excluding carboxylic acids is 2. The standard InChI is InChI=1S/C27H26FN5O3/c1-3-36-24(34)16-29-27(35)32-17-22-18(2)30-33(21-11-5-4-6-12-21)26(22)31-14-8-13-23(31)25(32)19-9-7-10-20(28)15-19/h4-15,25H,3,16-17H2,1-2H3,(H,29,35)/t25-/m1/s1. The van der Waals surface area contributed by atoms with E-state index in [1.807, 2.05) is 64.8 Å². The summed E-state index contributed by atoms with van der Waals surface area (Å²) in [5, 5.41) is 7.46. The molecule has 0 saturated carbocycles. The Hall–Kier alpha value is -4.40. The van der Waals surface area contributed by atoms with Gasteiger partial charge in [0.1, 0.15) is 18.2 Å². The lowest BCUT2D eigenvalue weighted by Gasteiger charge is -2.31. The predicted octanol–water partition coefficient (Wildman–Crippen LogP) is 4.29. The molecule has 4 aromatic rings. The maximum absolute atomic E-state index is 14.3. The minimum absolute atomic E-state index is 0.200. The molecular formula is C27H26FN5O3. The molecule has 1 aliphatic rings. The lowest BCUT2D eigenvalue weighted by molar-refractivity contribution is -0.141. The largest absolute Gasteiger partial charge is 0.465 e. The molecule has 2 aromatic heterocycles. The smallest absolute Gasteiger partial charge is 0.325 e. The zero-order valence-electron chi connectivity index (χ0n) is 20.0. The fourth-order valence-electron chi connectivity index (χ4n) is 4.64. The highest BCUT2D eigenvalue weighted by molar-refractivity contribution is 5.81. The van der Waals surface area contributed by atoms with Gasteiger partial charge in [-0.2, -0.15) is 5.10 Å². The van der Waals surface area contributed by atoms with Crippen LogP contribution in [0.3, 0.4) is 0 Å². The second-order valence-corrected chi connectivity index (χ2v) is 8.49. The van der Waals surface area contributed by atoms with Crippen molar-refractivity contribution in [3.63, 3.8) is 0 Å². The molecule has 0 saturated heterocycles. The van der Waals surface area contributed by atoms with E-state index >= 15 is 0 Å². The van der Waals surface area contributed by atoms with Crippen LogP contribution in [0.4, 0.5) is 9.18 Å². The average Bonchev–Trinajstić information content (AvgIpc) is 3.43. The molecule has 184 valence electrons. The summed E-state index contributed by atoms with van der Waals surface area (Å²) in [6, 6.07) is 18.7. The second kappa shape index (κ2) is 9.69. The van der Waals surface area contributed by atoms with Gasteiger partial charge < -0.3 is 19.5 Å². The Morgan fingerprint density at radius 3 is 2.67 bits per heavy atom. The van der Waals surface area contributed by atoms with Crippen molar-refractivity contribution in [1.82, 2.24) is 24.6 Å². The topological polar surface area (TPSA) is 81.4 Å². The van der Waals surface area contributed by atoms with Gasteiger partial charge in [0.05, 0.1) is 36.3 Å². The molecule has 8 nitrogen and oxygen atoms in total. The third-order valence-corrected chi connectivity index (χ3v) is 6.20. The van der Waals surface area contributed by atoms with Gasteiger partial charge in [-0.15, -0.1) is 0 Å². The van der Waals surface area contributed by atoms with Gasteiger partial charge in [-0.25, -0.2) is 13.9 Å². The molecule has 0 aliphatic carbocycles. The summed E-state index contributed by atoms with van der Waals surface area (Å²) in [5.41, 5.74) is 3.87. The molecule has 2 amide bonds. The van der Waals surface area contributed by atoms with Crippen molar-refractivity contribution in [3.8, 4) is 11.5 Å². The number of nitrogens with one attached hydrogen (secondary N) is 1. The Bertz CT molecular complexity index is 1410. The number of rotatable bonds is 5. The minimum Gasteiger partial charge on any atom is -0.465 e. The monoisotopic (exact) mass is 487 g/mol. The summed E-state index contributed by atoms with van der Waals surface area (Å²) < 4.78 is 23.2. The van der Waals surface area contributed by atoms with Gasteiger partial charge in [0.2, 0.25) is 0 Å². The van der Waals surface area contributed by atoms with E-state index in [-0.39, 0.29) is 19.7 Å². The number of urea groups is 1. The number of benzene rings is 2. The van der Waals surface area contributed by atoms with Crippen LogP contribution in [0.25, 0.3) is 11.5 Å². The van der Waals surface area contributed by atoms with Crippen LogP contribution >= 0.6 is 0 Å². The van der Waals surface area contributed by atoms with Crippen LogP contribution in [-0.4, -0.2) is 44.4 Å². The molecule has 0 radical (unpaired) electrons. The number of para-hydroxylation sites is 1. The third-order valence-electron chi connectivity index (χ3n) is 6.20. The number of hydrogen-bond acceptors (Lipinski definition) is 4. The number of amides is 2. The van der Waals surface area contributed by atoms with E-state index in [0.717, 1.165) is 28.5 Å². The van der Waals surface area contributed by atoms with Crippen molar-refractivity contribution in [2.45, 2.75) is 26.4 Å². The quantitative estimate of drug-likeness (QED) is 0.426. The van der Waals surface area contributed by atoms with Crippen molar-refractivity contribution in [2.24, 2.45) is 0 Å². The first kappa shape index (κ1) is 23.3. The molecule has 0 fully saturated rings. The Kier molecular flexibility index (Phi) is 6.28. The fraction of sp³-hybridized carbons (Fsp3) is 0.222. The summed E-state index contributed by atoms with van der Waals surface area (Å²) >= 11 is 0. The summed E-state index contributed by atoms with van der Waals surface area (Å²) in [5.74, 6) is -0.119. The Morgan fingerprint density at radius 1 is 1.11 bits per heavy atom. The minimum atomic E-state index is -0.617. The number of halogens is 1. The van der Waals surface area contributed by atoms with Gasteiger partial charge in [-0.05, 0) is 55.8 Å². The first-order valence-corrected chi connectivity index (χ1v) is 11.7. The second-order valence-electron chi connectivity index (χ2n) is 8.49. The molecule has 36 heavy (non-hydrogen) atoms. The van der Waals surface area contributed by atoms with Gasteiger partial charge in [0.25, 0.3) is 0 Å². The van der Waals surface area contributed by atoms with E-state index in [1.54, 1.807) is 24.0 Å². The molecule has 5 rings (SSSR count). The number of esters is 1. The highest BCUT2D eigenvalue weighted by Crippen LogP contribution is 2.38. The molecule has 3 heterocycles. The summed E-state index contributed by atoms with van der Waals surface area (Å²) in [4.78, 5) is 27.1. The van der Waals surface area contributed by atoms with Crippen LogP contribution in [-0.2, 0) is 16.1 Å². The van der Waals surface area contributed by atoms with E-state index in [2.05, 4.69) is 5.32 Å². The van der Waals surface area contributed by atoms with E-state index in [1.165, 1.54) is 12.1 Å². The zero-order chi connectivity index (χ0) is 25.2. The normalized spacial score (nSPS) is 14.5. The van der Waals surface area contributed by atoms with Crippen LogP contribution < -0.4 is 5.32 Å². The summed E-state index contributed by atoms with van der Waals surface area (Å²) in [7, 11) is 0. The number of hydrogen-bond donors (Lipinski definition) is 1. The number of nitrogens with zero attached hydrogens (tertiary/aromatic N) is 4. The van der Waals surface area contributed by atoms with E-state index < -0.39 is 23.9 Å². The van der Waals surface area contributed by atoms with Crippen molar-refractivity contribution in [1.29, 1.82) is 0 Å². The van der Waals surface area contributed by atoms with E-state index in [0.29, 0.717) is 5.56 Å². The molecular weight excluding hydrogens is 461 g/mol. The first-order chi connectivity index (χ1) is 17.5. The number of carbonyl (C=O) groups is 2. The Labute approximate surface area is 207 Å². The number of fused-ring (bicyclic) bond motifs is 3.